The van der Waals surface area contributed by atoms with Gasteiger partial charge in [0.2, 0.25) is 12.1 Å². The number of aromatic nitrogens is 4. The topological polar surface area (TPSA) is 242 Å². The Balaban J connectivity index is 0.000000192. The minimum atomic E-state index is -3.95. The summed E-state index contributed by atoms with van der Waals surface area (Å²) in [7, 11) is -0.805. The van der Waals surface area contributed by atoms with E-state index in [0.717, 1.165) is 43.4 Å². The third-order valence-corrected chi connectivity index (χ3v) is 12.3. The van der Waals surface area contributed by atoms with E-state index in [0.29, 0.717) is 84.8 Å². The number of para-hydroxylation sites is 2. The number of benzene rings is 3. The zero-order valence-corrected chi connectivity index (χ0v) is 36.7. The van der Waals surface area contributed by atoms with Gasteiger partial charge in [0.15, 0.2) is 23.0 Å². The maximum atomic E-state index is 13.0. The number of carbonyl (C=O) groups is 3. The maximum Gasteiger partial charge on any atom is 0.328 e. The number of anilines is 2. The highest BCUT2D eigenvalue weighted by atomic mass is 32.2. The van der Waals surface area contributed by atoms with Crippen molar-refractivity contribution in [3.63, 3.8) is 0 Å². The summed E-state index contributed by atoms with van der Waals surface area (Å²) in [5.74, 6) is 2.86. The molecule has 2 aliphatic heterocycles. The van der Waals surface area contributed by atoms with Gasteiger partial charge in [-0.25, -0.2) is 27.9 Å². The molecule has 0 radical (unpaired) electrons. The standard InChI is InChI=1S/C23H25N5O5.C21H27N5O4S/c1-30-18-11-14-15(12-19(18)31-2)25-23(26-21(14)24)28-9-7-27(8-10-28)22(29)20-13-32-16-5-3-4-6-17(16)33-20;1-15-13-24-19(14-23-15)20(27)22-12-11-16-7-9-18(10-8-16)31(29,30)26-21(28)25-17-5-3-2-4-6-17/h3-6,11-12,20H,7-10,13H2,1-2H3,(H2,24,25,26);7-10,13-14,17H,2-6,11-12H2,1H3,(H,22,27)(H2,25,26,28). The van der Waals surface area contributed by atoms with Gasteiger partial charge in [-0.3, -0.25) is 14.6 Å². The molecule has 3 aromatic carbocycles. The second-order valence-electron chi connectivity index (χ2n) is 15.4. The van der Waals surface area contributed by atoms with Crippen LogP contribution < -0.4 is 44.9 Å². The van der Waals surface area contributed by atoms with Crippen LogP contribution in [0, 0.1) is 6.92 Å². The van der Waals surface area contributed by atoms with Crippen LogP contribution in [0.3, 0.4) is 0 Å². The van der Waals surface area contributed by atoms with E-state index in [1.54, 1.807) is 56.4 Å². The van der Waals surface area contributed by atoms with Crippen LogP contribution in [-0.2, 0) is 21.2 Å². The van der Waals surface area contributed by atoms with Gasteiger partial charge in [0, 0.05) is 56.4 Å². The first-order chi connectivity index (χ1) is 30.9. The quantitative estimate of drug-likeness (QED) is 0.147. The van der Waals surface area contributed by atoms with Gasteiger partial charge in [-0.15, -0.1) is 0 Å². The summed E-state index contributed by atoms with van der Waals surface area (Å²) in [5.41, 5.74) is 8.71. The predicted molar refractivity (Wildman–Crippen MR) is 237 cm³/mol. The van der Waals surface area contributed by atoms with E-state index in [2.05, 4.69) is 35.3 Å². The fourth-order valence-electron chi connectivity index (χ4n) is 7.48. The summed E-state index contributed by atoms with van der Waals surface area (Å²) in [6, 6.07) is 16.4. The van der Waals surface area contributed by atoms with Gasteiger partial charge in [-0.05, 0) is 62.1 Å². The molecule has 3 aliphatic rings. The summed E-state index contributed by atoms with van der Waals surface area (Å²) in [4.78, 5) is 58.1. The molecule has 4 amide bonds. The predicted octanol–water partition coefficient (Wildman–Crippen LogP) is 3.80. The van der Waals surface area contributed by atoms with Crippen molar-refractivity contribution in [1.29, 1.82) is 0 Å². The summed E-state index contributed by atoms with van der Waals surface area (Å²) >= 11 is 0. The first kappa shape index (κ1) is 45.1. The first-order valence-corrected chi connectivity index (χ1v) is 22.5. The van der Waals surface area contributed by atoms with Gasteiger partial charge in [0.25, 0.3) is 21.8 Å². The lowest BCUT2D eigenvalue weighted by Crippen LogP contribution is -2.54. The minimum absolute atomic E-state index is 0.00834. The second kappa shape index (κ2) is 20.5. The molecule has 2 aromatic heterocycles. The van der Waals surface area contributed by atoms with Gasteiger partial charge < -0.3 is 45.1 Å². The number of sulfonamides is 1. The van der Waals surface area contributed by atoms with E-state index >= 15 is 0 Å². The zero-order chi connectivity index (χ0) is 45.2. The molecule has 2 fully saturated rings. The van der Waals surface area contributed by atoms with Gasteiger partial charge in [0.05, 0.1) is 36.5 Å². The molecule has 1 saturated heterocycles. The molecule has 0 bridgehead atoms. The molecule has 8 rings (SSSR count). The zero-order valence-electron chi connectivity index (χ0n) is 35.9. The van der Waals surface area contributed by atoms with Crippen molar-refractivity contribution >= 4 is 50.5 Å². The van der Waals surface area contributed by atoms with E-state index in [1.165, 1.54) is 24.5 Å². The molecule has 0 spiro atoms. The number of hydrogen-bond donors (Lipinski definition) is 4. The number of urea groups is 1. The average molecular weight is 897 g/mol. The van der Waals surface area contributed by atoms with Crippen molar-refractivity contribution in [1.82, 2.24) is 40.2 Å². The summed E-state index contributed by atoms with van der Waals surface area (Å²) < 4.78 is 49.2. The van der Waals surface area contributed by atoms with Crippen LogP contribution >= 0.6 is 0 Å². The van der Waals surface area contributed by atoms with Crippen molar-refractivity contribution in [3.05, 3.63) is 90.0 Å². The number of nitrogens with one attached hydrogen (secondary N) is 3. The Labute approximate surface area is 371 Å². The Morgan fingerprint density at radius 2 is 1.58 bits per heavy atom. The number of fused-ring (bicyclic) bond motifs is 2. The minimum Gasteiger partial charge on any atom is -0.493 e. The molecule has 5 N–H and O–H groups in total. The van der Waals surface area contributed by atoms with E-state index < -0.39 is 22.2 Å². The number of nitrogens with two attached hydrogens (primary N) is 1. The second-order valence-corrected chi connectivity index (χ2v) is 17.1. The summed E-state index contributed by atoms with van der Waals surface area (Å²) in [6.07, 6.45) is 7.77. The monoisotopic (exact) mass is 896 g/mol. The van der Waals surface area contributed by atoms with E-state index in [1.807, 2.05) is 23.1 Å². The molecule has 19 nitrogen and oxygen atoms in total. The van der Waals surface area contributed by atoms with Gasteiger partial charge in [-0.2, -0.15) is 4.98 Å². The molecular formula is C44H52N10O9S. The number of amides is 4. The van der Waals surface area contributed by atoms with Crippen molar-refractivity contribution in [2.75, 3.05) is 64.2 Å². The first-order valence-electron chi connectivity index (χ1n) is 21.0. The summed E-state index contributed by atoms with van der Waals surface area (Å²) in [5, 5.41) is 6.18. The third kappa shape index (κ3) is 11.2. The van der Waals surface area contributed by atoms with Crippen LogP contribution in [0.2, 0.25) is 0 Å². The van der Waals surface area contributed by atoms with Crippen LogP contribution in [0.1, 0.15) is 53.8 Å². The Hall–Kier alpha value is -6.96. The third-order valence-electron chi connectivity index (χ3n) is 11.0. The smallest absolute Gasteiger partial charge is 0.328 e. The number of nitrogens with zero attached hydrogens (tertiary/aromatic N) is 6. The highest BCUT2D eigenvalue weighted by Gasteiger charge is 2.33. The SMILES string of the molecule is COc1cc2nc(N3CCN(C(=O)C4COc5ccccc5O4)CC3)nc(N)c2cc1OC.Cc1cnc(C(=O)NCCc2ccc(S(=O)(=O)NC(=O)NC3CCCCC3)cc2)cn1. The fraction of sp³-hybridized carbons (Fsp3) is 0.386. The van der Waals surface area contributed by atoms with Crippen LogP contribution in [0.4, 0.5) is 16.6 Å². The van der Waals surface area contributed by atoms with Gasteiger partial charge in [0.1, 0.15) is 18.1 Å². The average Bonchev–Trinajstić information content (AvgIpc) is 3.31. The van der Waals surface area contributed by atoms with Crippen LogP contribution in [0.25, 0.3) is 10.9 Å². The molecule has 20 heteroatoms. The number of ether oxygens (including phenoxy) is 4. The Morgan fingerprint density at radius 1 is 0.875 bits per heavy atom. The molecule has 64 heavy (non-hydrogen) atoms. The molecular weight excluding hydrogens is 845 g/mol. The molecule has 1 unspecified atom stereocenters. The number of hydrogen-bond acceptors (Lipinski definition) is 15. The largest absolute Gasteiger partial charge is 0.493 e. The normalized spacial score (nSPS) is 16.2. The van der Waals surface area contributed by atoms with Gasteiger partial charge in [-0.1, -0.05) is 43.5 Å². The van der Waals surface area contributed by atoms with Crippen LogP contribution in [-0.4, -0.2) is 117 Å². The molecule has 5 aromatic rings. The van der Waals surface area contributed by atoms with E-state index in [-0.39, 0.29) is 35.1 Å². The Kier molecular flexibility index (Phi) is 14.4. The maximum absolute atomic E-state index is 13.0. The lowest BCUT2D eigenvalue weighted by Gasteiger charge is -2.37. The van der Waals surface area contributed by atoms with E-state index in [4.69, 9.17) is 24.7 Å². The van der Waals surface area contributed by atoms with Gasteiger partial charge >= 0.3 is 6.03 Å². The molecule has 1 aliphatic carbocycles. The number of rotatable bonds is 11. The van der Waals surface area contributed by atoms with Crippen molar-refractivity contribution in [2.24, 2.45) is 0 Å². The Morgan fingerprint density at radius 3 is 2.27 bits per heavy atom. The Bertz CT molecular complexity index is 2550. The molecule has 1 saturated carbocycles. The lowest BCUT2D eigenvalue weighted by atomic mass is 9.96. The number of aryl methyl sites for hydroxylation is 1. The molecule has 4 heterocycles. The summed E-state index contributed by atoms with van der Waals surface area (Å²) in [6.45, 7) is 4.55. The van der Waals surface area contributed by atoms with Crippen molar-refractivity contribution < 1.29 is 41.7 Å². The molecule has 338 valence electrons. The number of methoxy groups -OCH3 is 2. The molecule has 1 atom stereocenters. The lowest BCUT2D eigenvalue weighted by molar-refractivity contribution is -0.141. The van der Waals surface area contributed by atoms with Crippen molar-refractivity contribution in [3.8, 4) is 23.0 Å². The highest BCUT2D eigenvalue weighted by Crippen LogP contribution is 2.35. The van der Waals surface area contributed by atoms with Crippen LogP contribution in [0.15, 0.2) is 78.0 Å². The van der Waals surface area contributed by atoms with Crippen molar-refractivity contribution in [2.45, 2.75) is 62.5 Å². The van der Waals surface area contributed by atoms with E-state index in [9.17, 15) is 22.8 Å². The number of carbonyl (C=O) groups excluding carboxylic acids is 3. The fourth-order valence-corrected chi connectivity index (χ4v) is 8.39. The highest BCUT2D eigenvalue weighted by molar-refractivity contribution is 7.90. The number of piperazine rings is 1. The number of nitrogen functional groups attached to an aromatic ring is 1. The van der Waals surface area contributed by atoms with Crippen LogP contribution in [0.5, 0.6) is 23.0 Å².